The number of nitrogens with one attached hydrogen (secondary N) is 1. The van der Waals surface area contributed by atoms with E-state index in [9.17, 15) is 4.79 Å². The van der Waals surface area contributed by atoms with Gasteiger partial charge in [-0.1, -0.05) is 13.0 Å². The maximum absolute atomic E-state index is 12.4. The van der Waals surface area contributed by atoms with Crippen LogP contribution in [-0.4, -0.2) is 23.9 Å². The third kappa shape index (κ3) is 2.31. The molecule has 2 rings (SSSR count). The lowest BCUT2D eigenvalue weighted by atomic mass is 9.78. The number of rotatable bonds is 4. The van der Waals surface area contributed by atoms with Gasteiger partial charge in [-0.25, -0.2) is 4.98 Å². The van der Waals surface area contributed by atoms with Gasteiger partial charge in [0, 0.05) is 30.1 Å². The van der Waals surface area contributed by atoms with Gasteiger partial charge in [0.05, 0.1) is 0 Å². The lowest BCUT2D eigenvalue weighted by molar-refractivity contribution is -0.127. The van der Waals surface area contributed by atoms with Crippen LogP contribution in [0.2, 0.25) is 0 Å². The number of hydrogen-bond acceptors (Lipinski definition) is 4. The summed E-state index contributed by atoms with van der Waals surface area (Å²) in [6.45, 7) is 3.81. The van der Waals surface area contributed by atoms with Crippen LogP contribution in [0, 0.1) is 5.41 Å². The van der Waals surface area contributed by atoms with Crippen molar-refractivity contribution in [2.24, 2.45) is 5.41 Å². The van der Waals surface area contributed by atoms with Crippen LogP contribution in [0.25, 0.3) is 0 Å². The second kappa shape index (κ2) is 4.84. The molecule has 0 spiro atoms. The Hall–Kier alpha value is -1.42. The third-order valence-corrected chi connectivity index (χ3v) is 3.79. The van der Waals surface area contributed by atoms with Crippen molar-refractivity contribution in [2.75, 3.05) is 18.8 Å². The molecule has 1 aliphatic rings. The first kappa shape index (κ1) is 12.0. The van der Waals surface area contributed by atoms with E-state index in [1.54, 1.807) is 6.20 Å². The maximum atomic E-state index is 12.4. The number of hydrogen-bond donors (Lipinski definition) is 2. The van der Waals surface area contributed by atoms with Gasteiger partial charge >= 0.3 is 0 Å². The number of Topliss-reactive ketones (excluding diaryl/α,β-unsaturated/α-hetero) is 1. The number of pyridine rings is 1. The summed E-state index contributed by atoms with van der Waals surface area (Å²) in [5.74, 6) is 0.753. The van der Waals surface area contributed by atoms with Gasteiger partial charge in [0.1, 0.15) is 11.6 Å². The fourth-order valence-corrected chi connectivity index (χ4v) is 2.44. The molecule has 0 radical (unpaired) electrons. The second-order valence-electron chi connectivity index (χ2n) is 4.71. The molecular formula is C13H19N3O. The molecule has 92 valence electrons. The smallest absolute Gasteiger partial charge is 0.144 e. The van der Waals surface area contributed by atoms with E-state index in [0.717, 1.165) is 31.5 Å². The molecule has 0 aromatic carbocycles. The fourth-order valence-electron chi connectivity index (χ4n) is 2.44. The summed E-state index contributed by atoms with van der Waals surface area (Å²) >= 11 is 0. The zero-order chi connectivity index (χ0) is 12.3. The Bertz CT molecular complexity index is 411. The summed E-state index contributed by atoms with van der Waals surface area (Å²) in [6, 6.07) is 3.70. The van der Waals surface area contributed by atoms with Gasteiger partial charge in [0.15, 0.2) is 0 Å². The molecule has 1 unspecified atom stereocenters. The van der Waals surface area contributed by atoms with Crippen LogP contribution in [-0.2, 0) is 11.2 Å². The van der Waals surface area contributed by atoms with Crippen LogP contribution >= 0.6 is 0 Å². The lowest BCUT2D eigenvalue weighted by Gasteiger charge is -2.25. The highest BCUT2D eigenvalue weighted by atomic mass is 16.1. The number of nitrogen functional groups attached to an aromatic ring is 1. The van der Waals surface area contributed by atoms with E-state index >= 15 is 0 Å². The first-order valence-corrected chi connectivity index (χ1v) is 6.11. The Morgan fingerprint density at radius 1 is 1.65 bits per heavy atom. The van der Waals surface area contributed by atoms with Crippen LogP contribution in [0.3, 0.4) is 0 Å². The molecule has 0 aliphatic carbocycles. The molecule has 4 nitrogen and oxygen atoms in total. The minimum atomic E-state index is -0.192. The van der Waals surface area contributed by atoms with Gasteiger partial charge in [0.25, 0.3) is 0 Å². The number of anilines is 1. The zero-order valence-electron chi connectivity index (χ0n) is 10.2. The topological polar surface area (TPSA) is 68.0 Å². The maximum Gasteiger partial charge on any atom is 0.144 e. The molecule has 1 aliphatic heterocycles. The second-order valence-corrected chi connectivity index (χ2v) is 4.71. The van der Waals surface area contributed by atoms with Crippen molar-refractivity contribution in [3.63, 3.8) is 0 Å². The monoisotopic (exact) mass is 233 g/mol. The van der Waals surface area contributed by atoms with Crippen molar-refractivity contribution < 1.29 is 4.79 Å². The van der Waals surface area contributed by atoms with Crippen molar-refractivity contribution in [2.45, 2.75) is 26.2 Å². The van der Waals surface area contributed by atoms with Crippen LogP contribution in [0.5, 0.6) is 0 Å². The number of nitrogens with two attached hydrogens (primary N) is 1. The van der Waals surface area contributed by atoms with E-state index in [2.05, 4.69) is 17.2 Å². The van der Waals surface area contributed by atoms with Crippen molar-refractivity contribution in [1.29, 1.82) is 0 Å². The summed E-state index contributed by atoms with van der Waals surface area (Å²) in [7, 11) is 0. The van der Waals surface area contributed by atoms with E-state index in [4.69, 9.17) is 5.73 Å². The number of aromatic nitrogens is 1. The largest absolute Gasteiger partial charge is 0.383 e. The Labute approximate surface area is 102 Å². The SMILES string of the molecule is CCC1(C(=O)Cc2cccnc2N)CCNC1. The van der Waals surface area contributed by atoms with Crippen molar-refractivity contribution in [3.05, 3.63) is 23.9 Å². The van der Waals surface area contributed by atoms with Crippen LogP contribution < -0.4 is 11.1 Å². The van der Waals surface area contributed by atoms with E-state index in [0.29, 0.717) is 12.2 Å². The van der Waals surface area contributed by atoms with E-state index in [1.165, 1.54) is 0 Å². The minimum Gasteiger partial charge on any atom is -0.383 e. The van der Waals surface area contributed by atoms with Crippen LogP contribution in [0.1, 0.15) is 25.3 Å². The highest BCUT2D eigenvalue weighted by Gasteiger charge is 2.38. The van der Waals surface area contributed by atoms with Crippen molar-refractivity contribution >= 4 is 11.6 Å². The predicted molar refractivity (Wildman–Crippen MR) is 67.6 cm³/mol. The van der Waals surface area contributed by atoms with Gasteiger partial charge in [-0.15, -0.1) is 0 Å². The molecule has 0 bridgehead atoms. The van der Waals surface area contributed by atoms with Crippen LogP contribution in [0.4, 0.5) is 5.82 Å². The summed E-state index contributed by atoms with van der Waals surface area (Å²) in [6.07, 6.45) is 3.87. The Morgan fingerprint density at radius 3 is 3.06 bits per heavy atom. The first-order chi connectivity index (χ1) is 8.18. The Morgan fingerprint density at radius 2 is 2.47 bits per heavy atom. The molecule has 1 aromatic heterocycles. The summed E-state index contributed by atoms with van der Waals surface area (Å²) in [5, 5.41) is 3.28. The Kier molecular flexibility index (Phi) is 3.43. The lowest BCUT2D eigenvalue weighted by Crippen LogP contribution is -2.34. The quantitative estimate of drug-likeness (QED) is 0.819. The number of carbonyl (C=O) groups is 1. The molecule has 1 saturated heterocycles. The predicted octanol–water partition coefficient (Wildman–Crippen LogP) is 1.17. The first-order valence-electron chi connectivity index (χ1n) is 6.11. The molecule has 1 atom stereocenters. The molecule has 0 saturated carbocycles. The van der Waals surface area contributed by atoms with Gasteiger partial charge < -0.3 is 11.1 Å². The Balaban J connectivity index is 2.14. The minimum absolute atomic E-state index is 0.192. The molecule has 3 N–H and O–H groups in total. The number of nitrogens with zero attached hydrogens (tertiary/aromatic N) is 1. The third-order valence-electron chi connectivity index (χ3n) is 3.79. The average molecular weight is 233 g/mol. The number of ketones is 1. The molecule has 17 heavy (non-hydrogen) atoms. The van der Waals surface area contributed by atoms with Gasteiger partial charge in [0.2, 0.25) is 0 Å². The van der Waals surface area contributed by atoms with Crippen LogP contribution in [0.15, 0.2) is 18.3 Å². The summed E-state index contributed by atoms with van der Waals surface area (Å²) in [5.41, 5.74) is 6.43. The molecule has 1 aromatic rings. The molecule has 1 fully saturated rings. The summed E-state index contributed by atoms with van der Waals surface area (Å²) < 4.78 is 0. The zero-order valence-corrected chi connectivity index (χ0v) is 10.2. The highest BCUT2D eigenvalue weighted by molar-refractivity contribution is 5.88. The fraction of sp³-hybridized carbons (Fsp3) is 0.538. The van der Waals surface area contributed by atoms with Crippen molar-refractivity contribution in [3.8, 4) is 0 Å². The highest BCUT2D eigenvalue weighted by Crippen LogP contribution is 2.32. The molecule has 4 heteroatoms. The van der Waals surface area contributed by atoms with E-state index in [-0.39, 0.29) is 11.2 Å². The van der Waals surface area contributed by atoms with Crippen molar-refractivity contribution in [1.82, 2.24) is 10.3 Å². The van der Waals surface area contributed by atoms with Gasteiger partial charge in [-0.2, -0.15) is 0 Å². The molecule has 0 amide bonds. The van der Waals surface area contributed by atoms with E-state index < -0.39 is 0 Å². The normalized spacial score (nSPS) is 23.8. The summed E-state index contributed by atoms with van der Waals surface area (Å²) in [4.78, 5) is 16.4. The van der Waals surface area contributed by atoms with E-state index in [1.807, 2.05) is 12.1 Å². The average Bonchev–Trinajstić information content (AvgIpc) is 2.82. The van der Waals surface area contributed by atoms with Gasteiger partial charge in [-0.05, 0) is 25.5 Å². The number of carbonyl (C=O) groups excluding carboxylic acids is 1. The van der Waals surface area contributed by atoms with Gasteiger partial charge in [-0.3, -0.25) is 4.79 Å². The molecular weight excluding hydrogens is 214 g/mol. The molecule has 2 heterocycles. The standard InChI is InChI=1S/C13H19N3O/c1-2-13(5-7-15-9-13)11(17)8-10-4-3-6-16-12(10)14/h3-4,6,15H,2,5,7-9H2,1H3,(H2,14,16).